The molecule has 0 aliphatic rings. The van der Waals surface area contributed by atoms with Crippen molar-refractivity contribution in [1.29, 1.82) is 0 Å². The van der Waals surface area contributed by atoms with Gasteiger partial charge in [-0.05, 0) is 12.8 Å². The summed E-state index contributed by atoms with van der Waals surface area (Å²) in [4.78, 5) is 0. The van der Waals surface area contributed by atoms with Crippen LogP contribution in [0.3, 0.4) is 0 Å². The van der Waals surface area contributed by atoms with Crippen molar-refractivity contribution in [3.63, 3.8) is 0 Å². The second-order valence-electron chi connectivity index (χ2n) is 3.28. The van der Waals surface area contributed by atoms with Crippen molar-refractivity contribution in [2.45, 2.75) is 39.5 Å². The molecule has 0 atom stereocenters. The fraction of sp³-hybridized carbons (Fsp3) is 1.00. The van der Waals surface area contributed by atoms with Crippen LogP contribution in [0.5, 0.6) is 0 Å². The van der Waals surface area contributed by atoms with Crippen molar-refractivity contribution in [3.05, 3.63) is 0 Å². The molecule has 6 nitrogen and oxygen atoms in total. The van der Waals surface area contributed by atoms with Crippen LogP contribution in [0.4, 0.5) is 0 Å². The number of hydrogen-bond acceptors (Lipinski definition) is 4. The maximum Gasteiger partial charge on any atom is 0.264 e. The molecule has 0 heterocycles. The summed E-state index contributed by atoms with van der Waals surface area (Å²) in [5.74, 6) is -0.215. The van der Waals surface area contributed by atoms with Gasteiger partial charge in [0, 0.05) is 29.6 Å². The van der Waals surface area contributed by atoms with Crippen molar-refractivity contribution in [1.82, 2.24) is 0 Å². The SMILES string of the molecule is CCCCS(=O)(=O)O.CCCCS(=O)(=O)O.[Na]. The van der Waals surface area contributed by atoms with Gasteiger partial charge in [-0.2, -0.15) is 16.8 Å². The Bertz CT molecular complexity index is 312. The molecule has 0 spiro atoms. The standard InChI is InChI=1S/2C4H10O3S.Na/c2*1-2-3-4-8(5,6)7;/h2*2-4H2,1H3,(H,5,6,7);. The Morgan fingerprint density at radius 1 is 0.765 bits per heavy atom. The second-order valence-corrected chi connectivity index (χ2v) is 6.42. The molecule has 0 rings (SSSR count). The average Bonchev–Trinajstić information content (AvgIpc) is 2.10. The Labute approximate surface area is 126 Å². The van der Waals surface area contributed by atoms with Crippen molar-refractivity contribution < 1.29 is 25.9 Å². The van der Waals surface area contributed by atoms with E-state index in [0.717, 1.165) is 12.8 Å². The summed E-state index contributed by atoms with van der Waals surface area (Å²) in [6, 6.07) is 0. The van der Waals surface area contributed by atoms with E-state index in [1.807, 2.05) is 13.8 Å². The average molecular weight is 299 g/mol. The maximum absolute atomic E-state index is 9.95. The van der Waals surface area contributed by atoms with Gasteiger partial charge in [0.05, 0.1) is 11.5 Å². The third-order valence-corrected chi connectivity index (χ3v) is 3.12. The third kappa shape index (κ3) is 31.6. The molecule has 0 fully saturated rings. The molecule has 0 unspecified atom stereocenters. The Hall–Kier alpha value is 0.820. The summed E-state index contributed by atoms with van der Waals surface area (Å²) >= 11 is 0. The summed E-state index contributed by atoms with van der Waals surface area (Å²) in [6.07, 6.45) is 2.66. The summed E-state index contributed by atoms with van der Waals surface area (Å²) in [5.41, 5.74) is 0. The first-order valence-corrected chi connectivity index (χ1v) is 8.24. The van der Waals surface area contributed by atoms with Gasteiger partial charge in [0.25, 0.3) is 20.2 Å². The molecular weight excluding hydrogens is 279 g/mol. The minimum atomic E-state index is -3.69. The molecule has 0 bridgehead atoms. The molecule has 0 aromatic heterocycles. The van der Waals surface area contributed by atoms with Gasteiger partial charge in [-0.25, -0.2) is 0 Å². The normalized spacial score (nSPS) is 11.1. The van der Waals surface area contributed by atoms with Crippen molar-refractivity contribution >= 4 is 49.8 Å². The topological polar surface area (TPSA) is 109 Å². The van der Waals surface area contributed by atoms with Gasteiger partial charge in [0.2, 0.25) is 0 Å². The van der Waals surface area contributed by atoms with Gasteiger partial charge >= 0.3 is 0 Å². The first-order chi connectivity index (χ1) is 7.12. The van der Waals surface area contributed by atoms with Crippen LogP contribution < -0.4 is 0 Å². The Morgan fingerprint density at radius 3 is 1.06 bits per heavy atom. The van der Waals surface area contributed by atoms with Crippen LogP contribution in [0, 0.1) is 0 Å². The number of hydrogen-bond donors (Lipinski definition) is 2. The quantitative estimate of drug-likeness (QED) is 0.558. The zero-order valence-electron chi connectivity index (χ0n) is 10.6. The molecule has 0 saturated heterocycles. The zero-order valence-corrected chi connectivity index (χ0v) is 14.2. The Balaban J connectivity index is -0.000000218. The van der Waals surface area contributed by atoms with E-state index in [1.54, 1.807) is 0 Å². The second kappa shape index (κ2) is 11.9. The van der Waals surface area contributed by atoms with Crippen LogP contribution in [0.25, 0.3) is 0 Å². The largest absolute Gasteiger partial charge is 0.286 e. The fourth-order valence-corrected chi connectivity index (χ4v) is 1.96. The molecule has 0 saturated carbocycles. The van der Waals surface area contributed by atoms with Gasteiger partial charge in [-0.15, -0.1) is 0 Å². The smallest absolute Gasteiger partial charge is 0.264 e. The van der Waals surface area contributed by atoms with Gasteiger partial charge in [0.15, 0.2) is 0 Å². The van der Waals surface area contributed by atoms with E-state index < -0.39 is 20.2 Å². The van der Waals surface area contributed by atoms with E-state index >= 15 is 0 Å². The van der Waals surface area contributed by atoms with Gasteiger partial charge in [0.1, 0.15) is 0 Å². The van der Waals surface area contributed by atoms with Crippen LogP contribution in [0.15, 0.2) is 0 Å². The van der Waals surface area contributed by atoms with E-state index in [2.05, 4.69) is 0 Å². The molecule has 0 aromatic carbocycles. The Kier molecular flexibility index (Phi) is 16.0. The summed E-state index contributed by atoms with van der Waals surface area (Å²) < 4.78 is 56.0. The Morgan fingerprint density at radius 2 is 1.00 bits per heavy atom. The molecule has 1 radical (unpaired) electrons. The molecular formula is C8H20NaO6S2. The van der Waals surface area contributed by atoms with Crippen LogP contribution in [-0.4, -0.2) is 67.0 Å². The summed E-state index contributed by atoms with van der Waals surface area (Å²) in [6.45, 7) is 3.73. The van der Waals surface area contributed by atoms with Crippen LogP contribution in [0.1, 0.15) is 39.5 Å². The number of rotatable bonds is 6. The van der Waals surface area contributed by atoms with Gasteiger partial charge in [-0.1, -0.05) is 26.7 Å². The van der Waals surface area contributed by atoms with E-state index in [0.29, 0.717) is 12.8 Å². The predicted octanol–water partition coefficient (Wildman–Crippen LogP) is 0.968. The first kappa shape index (κ1) is 23.0. The van der Waals surface area contributed by atoms with Crippen LogP contribution in [0.2, 0.25) is 0 Å². The molecule has 101 valence electrons. The third-order valence-electron chi connectivity index (χ3n) is 1.51. The van der Waals surface area contributed by atoms with E-state index in [-0.39, 0.29) is 41.1 Å². The van der Waals surface area contributed by atoms with Crippen molar-refractivity contribution in [2.75, 3.05) is 11.5 Å². The van der Waals surface area contributed by atoms with E-state index in [4.69, 9.17) is 9.11 Å². The van der Waals surface area contributed by atoms with Gasteiger partial charge < -0.3 is 0 Å². The fourth-order valence-electron chi connectivity index (χ4n) is 0.653. The predicted molar refractivity (Wildman–Crippen MR) is 68.4 cm³/mol. The van der Waals surface area contributed by atoms with Crippen LogP contribution >= 0.6 is 0 Å². The van der Waals surface area contributed by atoms with Crippen LogP contribution in [-0.2, 0) is 20.2 Å². The van der Waals surface area contributed by atoms with E-state index in [1.165, 1.54) is 0 Å². The number of unbranched alkanes of at least 4 members (excludes halogenated alkanes) is 2. The molecule has 0 aliphatic heterocycles. The maximum atomic E-state index is 9.95. The molecule has 0 aliphatic carbocycles. The minimum absolute atomic E-state index is 0. The van der Waals surface area contributed by atoms with Crippen molar-refractivity contribution in [2.24, 2.45) is 0 Å². The van der Waals surface area contributed by atoms with E-state index in [9.17, 15) is 16.8 Å². The molecule has 9 heteroatoms. The van der Waals surface area contributed by atoms with Gasteiger partial charge in [-0.3, -0.25) is 9.11 Å². The molecule has 2 N–H and O–H groups in total. The summed E-state index contributed by atoms with van der Waals surface area (Å²) in [5, 5.41) is 0. The van der Waals surface area contributed by atoms with Crippen molar-refractivity contribution in [3.8, 4) is 0 Å². The molecule has 0 aromatic rings. The monoisotopic (exact) mass is 299 g/mol. The zero-order chi connectivity index (χ0) is 13.2. The first-order valence-electron chi connectivity index (χ1n) is 5.02. The molecule has 0 amide bonds. The summed E-state index contributed by atoms with van der Waals surface area (Å²) in [7, 11) is -7.37. The molecule has 17 heavy (non-hydrogen) atoms. The minimum Gasteiger partial charge on any atom is -0.286 e.